The predicted octanol–water partition coefficient (Wildman–Crippen LogP) is 5.66. The molecule has 2 nitrogen and oxygen atoms in total. The molecular formula is C11H7Cl5O2. The number of alkyl halides is 1. The zero-order valence-corrected chi connectivity index (χ0v) is 12.8. The van der Waals surface area contributed by atoms with E-state index in [1.165, 1.54) is 13.0 Å². The van der Waals surface area contributed by atoms with Crippen molar-refractivity contribution in [1.82, 2.24) is 0 Å². The first kappa shape index (κ1) is 15.9. The fourth-order valence-corrected chi connectivity index (χ4v) is 2.24. The van der Waals surface area contributed by atoms with Crippen LogP contribution in [0.3, 0.4) is 0 Å². The Bertz CT molecular complexity index is 513. The van der Waals surface area contributed by atoms with E-state index in [2.05, 4.69) is 6.58 Å². The number of hydrogen-bond donors (Lipinski definition) is 0. The predicted molar refractivity (Wildman–Crippen MR) is 76.0 cm³/mol. The van der Waals surface area contributed by atoms with Crippen LogP contribution in [-0.4, -0.2) is 5.97 Å². The van der Waals surface area contributed by atoms with Gasteiger partial charge in [-0.2, -0.15) is 0 Å². The highest BCUT2D eigenvalue weighted by Gasteiger charge is 2.21. The molecule has 0 aliphatic carbocycles. The molecule has 1 atom stereocenters. The molecule has 0 saturated heterocycles. The minimum atomic E-state index is -1.13. The van der Waals surface area contributed by atoms with E-state index in [4.69, 9.17) is 62.7 Å². The normalized spacial score (nSPS) is 12.1. The molecule has 0 aliphatic rings. The Morgan fingerprint density at radius 1 is 1.22 bits per heavy atom. The third-order valence-corrected chi connectivity index (χ3v) is 4.02. The molecule has 0 aliphatic heterocycles. The first-order valence-corrected chi connectivity index (χ1v) is 6.54. The second-order valence-electron chi connectivity index (χ2n) is 3.39. The molecule has 0 radical (unpaired) electrons. The molecule has 1 aromatic rings. The van der Waals surface area contributed by atoms with Crippen LogP contribution >= 0.6 is 58.0 Å². The zero-order valence-electron chi connectivity index (χ0n) is 9.07. The van der Waals surface area contributed by atoms with Crippen molar-refractivity contribution in [2.24, 2.45) is 0 Å². The highest BCUT2D eigenvalue weighted by atomic mass is 35.5. The molecule has 0 spiro atoms. The topological polar surface area (TPSA) is 26.3 Å². The van der Waals surface area contributed by atoms with Gasteiger partial charge in [0.15, 0.2) is 0 Å². The van der Waals surface area contributed by atoms with Crippen molar-refractivity contribution in [1.29, 1.82) is 0 Å². The maximum atomic E-state index is 11.3. The van der Waals surface area contributed by atoms with Crippen LogP contribution in [0, 0.1) is 0 Å². The Morgan fingerprint density at radius 2 is 1.78 bits per heavy atom. The molecule has 0 fully saturated rings. The number of carbonyl (C=O) groups is 1. The third kappa shape index (κ3) is 3.46. The Kier molecular flexibility index (Phi) is 5.63. The van der Waals surface area contributed by atoms with Crippen molar-refractivity contribution in [2.45, 2.75) is 12.5 Å². The van der Waals surface area contributed by atoms with Crippen molar-refractivity contribution in [3.05, 3.63) is 43.9 Å². The first-order valence-electron chi connectivity index (χ1n) is 4.59. The van der Waals surface area contributed by atoms with Gasteiger partial charge in [-0.25, -0.2) is 4.79 Å². The Morgan fingerprint density at radius 3 is 2.28 bits per heavy atom. The Labute approximate surface area is 129 Å². The molecule has 0 bridgehead atoms. The van der Waals surface area contributed by atoms with E-state index in [-0.39, 0.29) is 31.2 Å². The highest BCUT2D eigenvalue weighted by molar-refractivity contribution is 6.52. The van der Waals surface area contributed by atoms with Crippen molar-refractivity contribution in [3.63, 3.8) is 0 Å². The van der Waals surface area contributed by atoms with Crippen molar-refractivity contribution >= 4 is 64.0 Å². The van der Waals surface area contributed by atoms with Crippen LogP contribution in [0.1, 0.15) is 18.1 Å². The number of rotatable bonds is 3. The minimum Gasteiger partial charge on any atom is -0.438 e. The molecule has 18 heavy (non-hydrogen) atoms. The lowest BCUT2D eigenvalue weighted by atomic mass is 10.2. The second kappa shape index (κ2) is 6.36. The van der Waals surface area contributed by atoms with Gasteiger partial charge in [-0.15, -0.1) is 0 Å². The van der Waals surface area contributed by atoms with Crippen LogP contribution in [0.15, 0.2) is 18.2 Å². The lowest BCUT2D eigenvalue weighted by molar-refractivity contribution is -0.140. The van der Waals surface area contributed by atoms with Crippen LogP contribution in [-0.2, 0) is 9.53 Å². The summed E-state index contributed by atoms with van der Waals surface area (Å²) in [6, 6.07) is 1.39. The van der Waals surface area contributed by atoms with Gasteiger partial charge in [0.1, 0.15) is 0 Å². The largest absolute Gasteiger partial charge is 0.438 e. The molecule has 98 valence electrons. The number of halogens is 5. The lowest BCUT2D eigenvalue weighted by Crippen LogP contribution is -2.08. The van der Waals surface area contributed by atoms with E-state index in [0.717, 1.165) is 0 Å². The summed E-state index contributed by atoms with van der Waals surface area (Å²) in [6.07, 6.45) is 0. The number of benzene rings is 1. The summed E-state index contributed by atoms with van der Waals surface area (Å²) in [5, 5.41) is 0.415. The summed E-state index contributed by atoms with van der Waals surface area (Å²) >= 11 is 29.4. The van der Waals surface area contributed by atoms with Crippen LogP contribution in [0.2, 0.25) is 20.1 Å². The summed E-state index contributed by atoms with van der Waals surface area (Å²) in [5.74, 6) is -0.645. The molecule has 1 rings (SSSR count). The molecule has 0 aromatic heterocycles. The van der Waals surface area contributed by atoms with E-state index >= 15 is 0 Å². The maximum absolute atomic E-state index is 11.3. The smallest absolute Gasteiger partial charge is 0.334 e. The van der Waals surface area contributed by atoms with Crippen molar-refractivity contribution < 1.29 is 9.53 Å². The fourth-order valence-electron chi connectivity index (χ4n) is 1.01. The van der Waals surface area contributed by atoms with Gasteiger partial charge in [-0.05, 0) is 13.0 Å². The summed E-state index contributed by atoms with van der Waals surface area (Å²) in [5.41, 5.74) is -0.663. The van der Waals surface area contributed by atoms with Gasteiger partial charge in [0.05, 0.1) is 20.1 Å². The number of hydrogen-bond acceptors (Lipinski definition) is 2. The van der Waals surface area contributed by atoms with Crippen LogP contribution in [0.25, 0.3) is 0 Å². The third-order valence-electron chi connectivity index (χ3n) is 1.93. The Hall–Kier alpha value is -0.120. The zero-order chi connectivity index (χ0) is 14.0. The van der Waals surface area contributed by atoms with E-state index in [0.29, 0.717) is 0 Å². The molecule has 1 aromatic carbocycles. The van der Waals surface area contributed by atoms with Crippen molar-refractivity contribution in [3.8, 4) is 0 Å². The molecule has 1 unspecified atom stereocenters. The van der Waals surface area contributed by atoms with Crippen LogP contribution in [0.4, 0.5) is 0 Å². The van der Waals surface area contributed by atoms with Crippen LogP contribution < -0.4 is 0 Å². The Balaban J connectivity index is 3.11. The first-order chi connectivity index (χ1) is 8.25. The minimum absolute atomic E-state index is 0.0536. The summed E-state index contributed by atoms with van der Waals surface area (Å²) in [4.78, 5) is 11.3. The van der Waals surface area contributed by atoms with Crippen LogP contribution in [0.5, 0.6) is 0 Å². The maximum Gasteiger partial charge on any atom is 0.334 e. The average molecular weight is 348 g/mol. The van der Waals surface area contributed by atoms with E-state index in [1.54, 1.807) is 0 Å². The van der Waals surface area contributed by atoms with Gasteiger partial charge in [0.2, 0.25) is 5.56 Å². The molecule has 0 N–H and O–H groups in total. The van der Waals surface area contributed by atoms with Crippen molar-refractivity contribution in [2.75, 3.05) is 0 Å². The average Bonchev–Trinajstić information content (AvgIpc) is 2.30. The molecule has 0 heterocycles. The molecular weight excluding hydrogens is 341 g/mol. The highest BCUT2D eigenvalue weighted by Crippen LogP contribution is 2.42. The SMILES string of the molecule is C=C(C)C(=O)OC(Cl)c1cc(Cl)c(Cl)c(Cl)c1Cl. The summed E-state index contributed by atoms with van der Waals surface area (Å²) in [7, 11) is 0. The van der Waals surface area contributed by atoms with E-state index < -0.39 is 11.5 Å². The quantitative estimate of drug-likeness (QED) is 0.232. The molecule has 0 saturated carbocycles. The summed E-state index contributed by atoms with van der Waals surface area (Å²) < 4.78 is 4.91. The van der Waals surface area contributed by atoms with Gasteiger partial charge in [-0.3, -0.25) is 0 Å². The van der Waals surface area contributed by atoms with Gasteiger partial charge in [0.25, 0.3) is 0 Å². The summed E-state index contributed by atoms with van der Waals surface area (Å²) in [6.45, 7) is 4.93. The second-order valence-corrected chi connectivity index (χ2v) is 5.33. The fraction of sp³-hybridized carbons (Fsp3) is 0.182. The van der Waals surface area contributed by atoms with Gasteiger partial charge >= 0.3 is 5.97 Å². The standard InChI is InChI=1S/C11H7Cl5O2/c1-4(2)11(17)18-10(16)5-3-6(12)8(14)9(15)7(5)13/h3,10H,1H2,2H3. The van der Waals surface area contributed by atoms with Gasteiger partial charge in [-0.1, -0.05) is 64.6 Å². The van der Waals surface area contributed by atoms with Gasteiger partial charge in [0, 0.05) is 11.1 Å². The lowest BCUT2D eigenvalue weighted by Gasteiger charge is -2.15. The van der Waals surface area contributed by atoms with E-state index in [1.807, 2.05) is 0 Å². The van der Waals surface area contributed by atoms with E-state index in [9.17, 15) is 4.79 Å². The number of carbonyl (C=O) groups excluding carboxylic acids is 1. The number of esters is 1. The van der Waals surface area contributed by atoms with Gasteiger partial charge < -0.3 is 4.74 Å². The monoisotopic (exact) mass is 346 g/mol. The number of ether oxygens (including phenoxy) is 1. The molecule has 7 heteroatoms. The molecule has 0 amide bonds.